The lowest BCUT2D eigenvalue weighted by Crippen LogP contribution is -2.52. The molecule has 25 heavy (non-hydrogen) atoms. The zero-order valence-electron chi connectivity index (χ0n) is 14.9. The van der Waals surface area contributed by atoms with Gasteiger partial charge in [0.1, 0.15) is 12.6 Å². The number of hydrogen-bond donors (Lipinski definition) is 5. The summed E-state index contributed by atoms with van der Waals surface area (Å²) in [5.74, 6) is -1.30. The number of ether oxygens (including phenoxy) is 1. The standard InChI is InChI=1S/C15H29N5O5/c1-3-4-5-6-7-19-14(23)20-11(10-12(16)21)13(22)18-8-9-25-15(24)17-2/h11H,3-10H2,1-2H3,(H2,16,21)(H,17,24)(H,18,22)(H2,19,20,23). The Kier molecular flexibility index (Phi) is 12.5. The van der Waals surface area contributed by atoms with E-state index in [4.69, 9.17) is 10.5 Å². The Balaban J connectivity index is 4.24. The number of nitrogens with two attached hydrogens (primary N) is 1. The predicted molar refractivity (Wildman–Crippen MR) is 91.7 cm³/mol. The second-order valence-corrected chi connectivity index (χ2v) is 5.36. The van der Waals surface area contributed by atoms with Crippen molar-refractivity contribution < 1.29 is 23.9 Å². The molecular formula is C15H29N5O5. The van der Waals surface area contributed by atoms with E-state index in [2.05, 4.69) is 28.2 Å². The van der Waals surface area contributed by atoms with Crippen LogP contribution in [0, 0.1) is 0 Å². The van der Waals surface area contributed by atoms with Gasteiger partial charge in [0.25, 0.3) is 0 Å². The molecule has 0 aliphatic rings. The summed E-state index contributed by atoms with van der Waals surface area (Å²) >= 11 is 0. The molecule has 144 valence electrons. The van der Waals surface area contributed by atoms with E-state index < -0.39 is 30.0 Å². The lowest BCUT2D eigenvalue weighted by atomic mass is 10.2. The van der Waals surface area contributed by atoms with Crippen molar-refractivity contribution >= 4 is 23.9 Å². The fourth-order valence-electron chi connectivity index (χ4n) is 1.89. The van der Waals surface area contributed by atoms with Crippen LogP contribution < -0.4 is 27.0 Å². The summed E-state index contributed by atoms with van der Waals surface area (Å²) in [7, 11) is 1.41. The molecule has 0 spiro atoms. The van der Waals surface area contributed by atoms with Crippen molar-refractivity contribution in [2.24, 2.45) is 5.73 Å². The molecule has 1 atom stereocenters. The van der Waals surface area contributed by atoms with E-state index in [1.165, 1.54) is 7.05 Å². The topological polar surface area (TPSA) is 152 Å². The molecule has 0 rings (SSSR count). The normalized spacial score (nSPS) is 11.1. The van der Waals surface area contributed by atoms with Gasteiger partial charge >= 0.3 is 12.1 Å². The van der Waals surface area contributed by atoms with E-state index in [1.807, 2.05) is 0 Å². The summed E-state index contributed by atoms with van der Waals surface area (Å²) in [4.78, 5) is 45.8. The minimum Gasteiger partial charge on any atom is -0.448 e. The van der Waals surface area contributed by atoms with E-state index in [-0.39, 0.29) is 19.6 Å². The largest absolute Gasteiger partial charge is 0.448 e. The summed E-state index contributed by atoms with van der Waals surface area (Å²) in [6.45, 7) is 2.57. The molecule has 6 N–H and O–H groups in total. The van der Waals surface area contributed by atoms with Crippen LogP contribution >= 0.6 is 0 Å². The van der Waals surface area contributed by atoms with Gasteiger partial charge < -0.3 is 31.7 Å². The number of rotatable bonds is 12. The van der Waals surface area contributed by atoms with E-state index in [0.717, 1.165) is 25.7 Å². The first-order valence-corrected chi connectivity index (χ1v) is 8.35. The number of amides is 5. The number of alkyl carbamates (subject to hydrolysis) is 1. The van der Waals surface area contributed by atoms with Gasteiger partial charge in [-0.05, 0) is 6.42 Å². The van der Waals surface area contributed by atoms with E-state index >= 15 is 0 Å². The van der Waals surface area contributed by atoms with Crippen molar-refractivity contribution in [3.8, 4) is 0 Å². The fourth-order valence-corrected chi connectivity index (χ4v) is 1.89. The molecule has 0 saturated heterocycles. The number of primary amides is 1. The summed E-state index contributed by atoms with van der Waals surface area (Å²) in [5, 5.41) is 9.77. The van der Waals surface area contributed by atoms with Crippen LogP contribution in [0.15, 0.2) is 0 Å². The molecule has 0 aliphatic heterocycles. The van der Waals surface area contributed by atoms with Gasteiger partial charge in [-0.15, -0.1) is 0 Å². The van der Waals surface area contributed by atoms with Crippen molar-refractivity contribution in [3.63, 3.8) is 0 Å². The summed E-state index contributed by atoms with van der Waals surface area (Å²) in [6, 6.07) is -1.63. The SMILES string of the molecule is CCCCCCNC(=O)NC(CC(N)=O)C(=O)NCCOC(=O)NC. The van der Waals surface area contributed by atoms with Crippen molar-refractivity contribution in [3.05, 3.63) is 0 Å². The lowest BCUT2D eigenvalue weighted by Gasteiger charge is -2.17. The van der Waals surface area contributed by atoms with Gasteiger partial charge in [-0.25, -0.2) is 9.59 Å². The quantitative estimate of drug-likeness (QED) is 0.300. The van der Waals surface area contributed by atoms with Gasteiger partial charge in [-0.1, -0.05) is 26.2 Å². The molecule has 10 heteroatoms. The van der Waals surface area contributed by atoms with Crippen LogP contribution in [0.1, 0.15) is 39.0 Å². The summed E-state index contributed by atoms with van der Waals surface area (Å²) in [6.07, 6.45) is 3.08. The molecule has 0 aliphatic carbocycles. The van der Waals surface area contributed by atoms with Crippen LogP contribution in [0.5, 0.6) is 0 Å². The van der Waals surface area contributed by atoms with E-state index in [0.29, 0.717) is 6.54 Å². The lowest BCUT2D eigenvalue weighted by molar-refractivity contribution is -0.127. The smallest absolute Gasteiger partial charge is 0.406 e. The van der Waals surface area contributed by atoms with Crippen molar-refractivity contribution in [1.29, 1.82) is 0 Å². The highest BCUT2D eigenvalue weighted by molar-refractivity contribution is 5.91. The Labute approximate surface area is 147 Å². The van der Waals surface area contributed by atoms with Gasteiger partial charge in [-0.2, -0.15) is 0 Å². The third-order valence-corrected chi connectivity index (χ3v) is 3.18. The monoisotopic (exact) mass is 359 g/mol. The second-order valence-electron chi connectivity index (χ2n) is 5.36. The fraction of sp³-hybridized carbons (Fsp3) is 0.733. The maximum atomic E-state index is 12.0. The molecule has 0 fully saturated rings. The number of carbonyl (C=O) groups excluding carboxylic acids is 4. The number of unbranched alkanes of at least 4 members (excludes halogenated alkanes) is 3. The molecule has 0 radical (unpaired) electrons. The number of urea groups is 1. The van der Waals surface area contributed by atoms with Crippen LogP contribution in [0.3, 0.4) is 0 Å². The molecule has 0 aromatic rings. The Bertz CT molecular complexity index is 444. The van der Waals surface area contributed by atoms with Crippen LogP contribution in [-0.2, 0) is 14.3 Å². The first-order chi connectivity index (χ1) is 11.9. The first kappa shape index (κ1) is 22.5. The van der Waals surface area contributed by atoms with Gasteiger partial charge in [0, 0.05) is 13.6 Å². The molecule has 0 bridgehead atoms. The van der Waals surface area contributed by atoms with Crippen molar-refractivity contribution in [1.82, 2.24) is 21.3 Å². The molecule has 0 saturated carbocycles. The highest BCUT2D eigenvalue weighted by Crippen LogP contribution is 1.97. The molecule has 10 nitrogen and oxygen atoms in total. The molecule has 0 aromatic heterocycles. The Morgan fingerprint density at radius 2 is 1.76 bits per heavy atom. The van der Waals surface area contributed by atoms with E-state index in [1.54, 1.807) is 0 Å². The van der Waals surface area contributed by atoms with Crippen LogP contribution in [0.25, 0.3) is 0 Å². The molecule has 0 heterocycles. The Morgan fingerprint density at radius 1 is 1.04 bits per heavy atom. The van der Waals surface area contributed by atoms with Crippen LogP contribution in [-0.4, -0.2) is 56.7 Å². The van der Waals surface area contributed by atoms with Gasteiger partial charge in [0.2, 0.25) is 11.8 Å². The Morgan fingerprint density at radius 3 is 2.36 bits per heavy atom. The maximum Gasteiger partial charge on any atom is 0.406 e. The third kappa shape index (κ3) is 12.6. The van der Waals surface area contributed by atoms with E-state index in [9.17, 15) is 19.2 Å². The second kappa shape index (κ2) is 13.9. The van der Waals surface area contributed by atoms with Gasteiger partial charge in [-0.3, -0.25) is 9.59 Å². The zero-order chi connectivity index (χ0) is 19.1. The zero-order valence-corrected chi connectivity index (χ0v) is 14.9. The van der Waals surface area contributed by atoms with Gasteiger partial charge in [0.15, 0.2) is 0 Å². The summed E-state index contributed by atoms with van der Waals surface area (Å²) in [5.41, 5.74) is 5.11. The first-order valence-electron chi connectivity index (χ1n) is 8.35. The van der Waals surface area contributed by atoms with Crippen LogP contribution in [0.4, 0.5) is 9.59 Å². The molecule has 0 aromatic carbocycles. The van der Waals surface area contributed by atoms with Gasteiger partial charge in [0.05, 0.1) is 13.0 Å². The molecule has 5 amide bonds. The predicted octanol–water partition coefficient (Wildman–Crippen LogP) is -0.418. The minimum atomic E-state index is -1.09. The maximum absolute atomic E-state index is 12.0. The molecular weight excluding hydrogens is 330 g/mol. The third-order valence-electron chi connectivity index (χ3n) is 3.18. The Hall–Kier alpha value is -2.52. The van der Waals surface area contributed by atoms with Crippen molar-refractivity contribution in [2.75, 3.05) is 26.7 Å². The average molecular weight is 359 g/mol. The molecule has 1 unspecified atom stereocenters. The average Bonchev–Trinajstić information content (AvgIpc) is 2.57. The summed E-state index contributed by atoms with van der Waals surface area (Å²) < 4.78 is 4.71. The minimum absolute atomic E-state index is 0.0433. The number of nitrogens with one attached hydrogen (secondary N) is 4. The van der Waals surface area contributed by atoms with Crippen molar-refractivity contribution in [2.45, 2.75) is 45.1 Å². The van der Waals surface area contributed by atoms with Crippen LogP contribution in [0.2, 0.25) is 0 Å². The highest BCUT2D eigenvalue weighted by Gasteiger charge is 2.22. The number of hydrogen-bond acceptors (Lipinski definition) is 5. The highest BCUT2D eigenvalue weighted by atomic mass is 16.5. The number of carbonyl (C=O) groups is 4.